The minimum atomic E-state index is -3.79. The van der Waals surface area contributed by atoms with E-state index in [2.05, 4.69) is 36.0 Å². The van der Waals surface area contributed by atoms with Crippen LogP contribution in [0.5, 0.6) is 0 Å². The van der Waals surface area contributed by atoms with Crippen molar-refractivity contribution in [3.8, 4) is 0 Å². The van der Waals surface area contributed by atoms with E-state index in [1.54, 1.807) is 6.07 Å². The molecule has 1 saturated heterocycles. The van der Waals surface area contributed by atoms with Crippen LogP contribution in [0, 0.1) is 0 Å². The molecule has 172 valence electrons. The summed E-state index contributed by atoms with van der Waals surface area (Å²) in [6, 6.07) is 4.71. The topological polar surface area (TPSA) is 120 Å². The highest BCUT2D eigenvalue weighted by molar-refractivity contribution is 7.89. The van der Waals surface area contributed by atoms with E-state index in [-0.39, 0.29) is 23.0 Å². The third-order valence-corrected chi connectivity index (χ3v) is 6.31. The first-order valence-electron chi connectivity index (χ1n) is 10.8. The Balaban J connectivity index is 1.59. The molecule has 0 bridgehead atoms. The van der Waals surface area contributed by atoms with Crippen molar-refractivity contribution in [3.63, 3.8) is 0 Å². The predicted octanol–water partition coefficient (Wildman–Crippen LogP) is 1.25. The van der Waals surface area contributed by atoms with Crippen molar-refractivity contribution in [1.29, 1.82) is 0 Å². The number of carbonyl (C=O) groups is 1. The van der Waals surface area contributed by atoms with Crippen LogP contribution in [0.3, 0.4) is 0 Å². The number of nitrogens with zero attached hydrogens (tertiary/aromatic N) is 3. The third-order valence-electron chi connectivity index (χ3n) is 5.40. The van der Waals surface area contributed by atoms with Crippen molar-refractivity contribution in [2.24, 2.45) is 5.14 Å². The molecule has 0 saturated carbocycles. The van der Waals surface area contributed by atoms with E-state index in [1.165, 1.54) is 12.1 Å². The number of nitrogens with two attached hydrogens (primary N) is 1. The van der Waals surface area contributed by atoms with Crippen molar-refractivity contribution in [1.82, 2.24) is 19.8 Å². The summed E-state index contributed by atoms with van der Waals surface area (Å²) in [6.07, 6.45) is 2.13. The maximum absolute atomic E-state index is 12.4. The summed E-state index contributed by atoms with van der Waals surface area (Å²) < 4.78 is 31.1. The number of aryl methyl sites for hydroxylation is 2. The maximum Gasteiger partial charge on any atom is 0.238 e. The second-order valence-electron chi connectivity index (χ2n) is 8.24. The fourth-order valence-electron chi connectivity index (χ4n) is 4.13. The van der Waals surface area contributed by atoms with Gasteiger partial charge < -0.3 is 14.6 Å². The Bertz CT molecular complexity index is 1010. The molecule has 1 amide bonds. The molecule has 1 aromatic heterocycles. The van der Waals surface area contributed by atoms with Crippen molar-refractivity contribution in [3.05, 3.63) is 24.0 Å². The summed E-state index contributed by atoms with van der Waals surface area (Å²) >= 11 is 0. The largest absolute Gasteiger partial charge is 0.373 e. The van der Waals surface area contributed by atoms with E-state index in [0.717, 1.165) is 43.9 Å². The Morgan fingerprint density at radius 1 is 1.26 bits per heavy atom. The van der Waals surface area contributed by atoms with Gasteiger partial charge in [0.2, 0.25) is 15.9 Å². The summed E-state index contributed by atoms with van der Waals surface area (Å²) in [5, 5.41) is 8.23. The van der Waals surface area contributed by atoms with E-state index in [0.29, 0.717) is 24.9 Å². The molecule has 3 N–H and O–H groups in total. The van der Waals surface area contributed by atoms with Gasteiger partial charge in [0.15, 0.2) is 0 Å². The highest BCUT2D eigenvalue weighted by Crippen LogP contribution is 2.21. The molecular formula is C21H33N5O4S. The van der Waals surface area contributed by atoms with Gasteiger partial charge in [-0.25, -0.2) is 18.5 Å². The number of benzene rings is 1. The van der Waals surface area contributed by atoms with Crippen LogP contribution in [0.25, 0.3) is 11.0 Å². The minimum Gasteiger partial charge on any atom is -0.373 e. The number of sulfonamides is 1. The number of carbonyl (C=O) groups excluding carboxylic acids is 1. The molecule has 9 nitrogen and oxygen atoms in total. The molecule has 2 aromatic rings. The lowest BCUT2D eigenvalue weighted by molar-refractivity contribution is -0.121. The molecule has 2 unspecified atom stereocenters. The summed E-state index contributed by atoms with van der Waals surface area (Å²) in [7, 11) is -3.79. The summed E-state index contributed by atoms with van der Waals surface area (Å²) in [5.74, 6) is 0.754. The molecule has 2 heterocycles. The molecule has 10 heteroatoms. The first-order valence-corrected chi connectivity index (χ1v) is 12.4. The molecule has 31 heavy (non-hydrogen) atoms. The highest BCUT2D eigenvalue weighted by Gasteiger charge is 2.21. The second kappa shape index (κ2) is 10.1. The van der Waals surface area contributed by atoms with Crippen LogP contribution >= 0.6 is 0 Å². The van der Waals surface area contributed by atoms with Gasteiger partial charge in [0.25, 0.3) is 0 Å². The Hall–Kier alpha value is -2.01. The van der Waals surface area contributed by atoms with Crippen LogP contribution in [0.4, 0.5) is 0 Å². The Morgan fingerprint density at radius 3 is 2.61 bits per heavy atom. The van der Waals surface area contributed by atoms with Gasteiger partial charge >= 0.3 is 0 Å². The second-order valence-corrected chi connectivity index (χ2v) is 9.80. The Kier molecular flexibility index (Phi) is 7.68. The standard InChI is InChI=1S/C21H33N5O4S/c1-4-10-26-19-6-5-17(31(22,28)29)12-18(19)24-20(26)7-8-21(27)23-9-11-25-13-15(2)30-16(3)14-25/h5-6,12,15-16H,4,7-11,13-14H2,1-3H3,(H,23,27)(H2,22,28,29). The van der Waals surface area contributed by atoms with E-state index in [1.807, 2.05) is 4.57 Å². The first-order chi connectivity index (χ1) is 14.7. The van der Waals surface area contributed by atoms with Crippen molar-refractivity contribution < 1.29 is 17.9 Å². The van der Waals surface area contributed by atoms with Gasteiger partial charge in [-0.05, 0) is 38.5 Å². The lowest BCUT2D eigenvalue weighted by Gasteiger charge is -2.35. The number of amides is 1. The molecule has 0 spiro atoms. The minimum absolute atomic E-state index is 0.0188. The zero-order valence-corrected chi connectivity index (χ0v) is 19.3. The normalized spacial score (nSPS) is 20.3. The number of morpholine rings is 1. The Morgan fingerprint density at radius 2 is 1.97 bits per heavy atom. The Labute approximate surface area is 184 Å². The van der Waals surface area contributed by atoms with Crippen LogP contribution in [0.2, 0.25) is 0 Å². The number of primary sulfonamides is 1. The molecule has 2 atom stereocenters. The fourth-order valence-corrected chi connectivity index (χ4v) is 4.67. The number of imidazole rings is 1. The van der Waals surface area contributed by atoms with Gasteiger partial charge in [0.1, 0.15) is 5.82 Å². The molecule has 1 fully saturated rings. The quantitative estimate of drug-likeness (QED) is 0.592. The number of nitrogens with one attached hydrogen (secondary N) is 1. The van der Waals surface area contributed by atoms with Gasteiger partial charge in [-0.1, -0.05) is 6.92 Å². The number of fused-ring (bicyclic) bond motifs is 1. The van der Waals surface area contributed by atoms with Gasteiger partial charge in [0, 0.05) is 45.6 Å². The molecule has 1 aliphatic heterocycles. The van der Waals surface area contributed by atoms with E-state index in [9.17, 15) is 13.2 Å². The van der Waals surface area contributed by atoms with Crippen LogP contribution < -0.4 is 10.5 Å². The molecule has 1 aliphatic rings. The third kappa shape index (κ3) is 6.25. The monoisotopic (exact) mass is 451 g/mol. The molecule has 3 rings (SSSR count). The van der Waals surface area contributed by atoms with E-state index >= 15 is 0 Å². The van der Waals surface area contributed by atoms with Crippen LogP contribution in [-0.4, -0.2) is 67.2 Å². The zero-order valence-electron chi connectivity index (χ0n) is 18.5. The lowest BCUT2D eigenvalue weighted by atomic mass is 10.2. The number of rotatable bonds is 9. The van der Waals surface area contributed by atoms with Crippen molar-refractivity contribution in [2.75, 3.05) is 26.2 Å². The average Bonchev–Trinajstić information content (AvgIpc) is 3.02. The van der Waals surface area contributed by atoms with Crippen LogP contribution in [0.15, 0.2) is 23.1 Å². The predicted molar refractivity (Wildman–Crippen MR) is 119 cm³/mol. The number of hydrogen-bond acceptors (Lipinski definition) is 6. The first kappa shape index (κ1) is 23.6. The lowest BCUT2D eigenvalue weighted by Crippen LogP contribution is -2.47. The summed E-state index contributed by atoms with van der Waals surface area (Å²) in [5.41, 5.74) is 1.42. The van der Waals surface area contributed by atoms with Gasteiger partial charge in [-0.3, -0.25) is 9.69 Å². The van der Waals surface area contributed by atoms with E-state index in [4.69, 9.17) is 9.88 Å². The molecular weight excluding hydrogens is 418 g/mol. The maximum atomic E-state index is 12.4. The summed E-state index contributed by atoms with van der Waals surface area (Å²) in [6.45, 7) is 10.1. The number of ether oxygens (including phenoxy) is 1. The van der Waals surface area contributed by atoms with Crippen molar-refractivity contribution >= 4 is 27.0 Å². The number of hydrogen-bond donors (Lipinski definition) is 2. The molecule has 0 aliphatic carbocycles. The van der Waals surface area contributed by atoms with Gasteiger partial charge in [0.05, 0.1) is 28.1 Å². The zero-order chi connectivity index (χ0) is 22.6. The smallest absolute Gasteiger partial charge is 0.238 e. The van der Waals surface area contributed by atoms with E-state index < -0.39 is 10.0 Å². The average molecular weight is 452 g/mol. The van der Waals surface area contributed by atoms with Gasteiger partial charge in [-0.2, -0.15) is 0 Å². The highest BCUT2D eigenvalue weighted by atomic mass is 32.2. The fraction of sp³-hybridized carbons (Fsp3) is 0.619. The van der Waals surface area contributed by atoms with Gasteiger partial charge in [-0.15, -0.1) is 0 Å². The van der Waals surface area contributed by atoms with Crippen LogP contribution in [0.1, 0.15) is 39.4 Å². The molecule has 0 radical (unpaired) electrons. The summed E-state index contributed by atoms with van der Waals surface area (Å²) in [4.78, 5) is 19.3. The van der Waals surface area contributed by atoms with Crippen LogP contribution in [-0.2, 0) is 32.5 Å². The molecule has 1 aromatic carbocycles. The SMILES string of the molecule is CCCn1c(CCC(=O)NCCN2CC(C)OC(C)C2)nc2cc(S(N)(=O)=O)ccc21. The van der Waals surface area contributed by atoms with Crippen molar-refractivity contribution in [2.45, 2.75) is 63.7 Å². The number of aromatic nitrogens is 2.